The molecule has 0 amide bonds. The zero-order valence-electron chi connectivity index (χ0n) is 51.5. The Hall–Kier alpha value is -6.60. The van der Waals surface area contributed by atoms with E-state index in [-0.39, 0.29) is 43.1 Å². The van der Waals surface area contributed by atoms with Crippen molar-refractivity contribution in [3.8, 4) is 0 Å². The zero-order chi connectivity index (χ0) is 58.7. The molecule has 0 atom stereocenters. The number of aryl methyl sites for hydroxylation is 2. The van der Waals surface area contributed by atoms with Crippen LogP contribution in [-0.4, -0.2) is 33.2 Å². The number of anilines is 1. The Labute approximate surface area is 528 Å². The van der Waals surface area contributed by atoms with Gasteiger partial charge < -0.3 is 4.98 Å². The number of rotatable bonds is 19. The summed E-state index contributed by atoms with van der Waals surface area (Å²) in [4.78, 5) is 6.21. The van der Waals surface area contributed by atoms with E-state index in [9.17, 15) is 0 Å². The number of hydrogen-bond donors (Lipinski definition) is 0. The zero-order valence-corrected chi connectivity index (χ0v) is 58.6. The van der Waals surface area contributed by atoms with Gasteiger partial charge in [-0.3, -0.25) is 0 Å². The van der Waals surface area contributed by atoms with Crippen molar-refractivity contribution in [2.24, 2.45) is 0 Å². The summed E-state index contributed by atoms with van der Waals surface area (Å²) in [6.45, 7) is 26.4. The molecule has 3 radical (unpaired) electrons. The third-order valence-electron chi connectivity index (χ3n) is 16.9. The van der Waals surface area contributed by atoms with E-state index < -0.39 is 16.5 Å². The smallest absolute Gasteiger partial charge is 2.00 e. The molecule has 0 N–H and O–H groups in total. The summed E-state index contributed by atoms with van der Waals surface area (Å²) >= 11 is 2.32. The first kappa shape index (κ1) is 63.4. The number of benzene rings is 10. The molecule has 10 aromatic carbocycles. The van der Waals surface area contributed by atoms with Crippen molar-refractivity contribution in [2.45, 2.75) is 115 Å². The molecule has 0 aliphatic rings. The van der Waals surface area contributed by atoms with Crippen molar-refractivity contribution in [1.29, 1.82) is 0 Å². The number of nitrogens with zero attached hydrogens (tertiary/aromatic N) is 2. The maximum atomic E-state index is 6.21. The second-order valence-corrected chi connectivity index (χ2v) is 36.7. The molecule has 84 heavy (non-hydrogen) atoms. The molecule has 0 spiro atoms. The van der Waals surface area contributed by atoms with E-state index in [0.717, 1.165) is 0 Å². The Morgan fingerprint density at radius 3 is 0.702 bits per heavy atom. The maximum Gasteiger partial charge on any atom is 2.00 e. The van der Waals surface area contributed by atoms with Crippen molar-refractivity contribution < 1.29 is 19.5 Å². The molecule has 0 fully saturated rings. The summed E-state index contributed by atoms with van der Waals surface area (Å²) < 4.78 is 2.63. The fraction of sp³-hybridized carbons (Fsp3) is 0.231. The SMILES string of the molecule is Cc1cc(C(c2ccccc2)c2ccccc2)c([N-][Si](C(C)C)(C(C)C)C(C)C)c(C(c2ccccc2)c2ccccc2)c1.Cc1cc(C(c2ccccc2)c2ccccc2)c([N]([Ge])[Si](C)(C)C)c(C(c2ccccc2)c2ccccc2)c1.[Zn+2]. The van der Waals surface area contributed by atoms with Crippen LogP contribution in [0.2, 0.25) is 36.3 Å². The van der Waals surface area contributed by atoms with Crippen LogP contribution in [-0.2, 0) is 19.5 Å². The minimum Gasteiger partial charge on any atom is 2.00 e. The van der Waals surface area contributed by atoms with Crippen LogP contribution in [0.5, 0.6) is 0 Å². The Morgan fingerprint density at radius 2 is 0.512 bits per heavy atom. The Balaban J connectivity index is 0.000000218. The molecular weight excluding hydrogens is 1160 g/mol. The van der Waals surface area contributed by atoms with Gasteiger partial charge in [-0.15, -0.1) is 5.69 Å². The van der Waals surface area contributed by atoms with Crippen LogP contribution in [0.15, 0.2) is 267 Å². The summed E-state index contributed by atoms with van der Waals surface area (Å²) in [6.07, 6.45) is 0. The minimum atomic E-state index is -2.22. The molecule has 0 aromatic heterocycles. The van der Waals surface area contributed by atoms with Crippen LogP contribution in [0, 0.1) is 13.8 Å². The molecule has 10 rings (SSSR count). The van der Waals surface area contributed by atoms with E-state index in [0.29, 0.717) is 16.6 Å². The Morgan fingerprint density at radius 1 is 0.321 bits per heavy atom. The van der Waals surface area contributed by atoms with E-state index >= 15 is 0 Å². The number of hydrogen-bond acceptors (Lipinski definition) is 1. The molecule has 0 bridgehead atoms. The molecule has 0 unspecified atom stereocenters. The summed E-state index contributed by atoms with van der Waals surface area (Å²) in [5, 5.41) is 0. The molecule has 419 valence electrons. The van der Waals surface area contributed by atoms with Gasteiger partial charge >= 0.3 is 264 Å². The standard InChI is InChI=1S/C42H48NSi.C36H36GeNSi.Zn/c1-30(2)44(31(3)4,32(5)6)43-42-38(40(34-20-12-8-13-21-34)35-22-14-9-15-23-35)28-33(7)29-39(42)41(36-24-16-10-17-25-36)37-26-18-11-19-27-37;1-27-25-32(34(28-17-9-5-10-18-28)29-19-11-6-12-20-29)36(38(37)39(2,3)4)33(26-27)35(30-21-13-7-14-22-30)31-23-15-8-16-24-31;/h8-32,40-41H,1-7H3;5-26,34-35H,1-4H3;/q-1;;+2. The minimum absolute atomic E-state index is 0. The molecule has 10 aromatic rings. The molecular formula is C78H84GeN2Si2Zn+. The van der Waals surface area contributed by atoms with E-state index in [4.69, 9.17) is 4.98 Å². The summed E-state index contributed by atoms with van der Waals surface area (Å²) in [6, 6.07) is 97.9. The van der Waals surface area contributed by atoms with Crippen molar-refractivity contribution in [2.75, 3.05) is 3.52 Å². The van der Waals surface area contributed by atoms with Gasteiger partial charge in [0, 0.05) is 11.8 Å². The fourth-order valence-electron chi connectivity index (χ4n) is 13.2. The molecule has 6 heteroatoms. The molecule has 0 aliphatic heterocycles. The average Bonchev–Trinajstić information content (AvgIpc) is 1.05. The van der Waals surface area contributed by atoms with Crippen molar-refractivity contribution in [1.82, 2.24) is 0 Å². The van der Waals surface area contributed by atoms with Gasteiger partial charge in [-0.05, 0) is 37.4 Å². The molecule has 0 aliphatic carbocycles. The van der Waals surface area contributed by atoms with Gasteiger partial charge in [0.15, 0.2) is 0 Å². The first-order chi connectivity index (χ1) is 40.1. The van der Waals surface area contributed by atoms with E-state index in [1.165, 1.54) is 89.3 Å². The molecule has 0 heterocycles. The van der Waals surface area contributed by atoms with E-state index in [2.05, 4.69) is 362 Å². The van der Waals surface area contributed by atoms with Crippen LogP contribution in [0.4, 0.5) is 11.4 Å². The van der Waals surface area contributed by atoms with Gasteiger partial charge in [0.1, 0.15) is 0 Å². The summed E-state index contributed by atoms with van der Waals surface area (Å²) in [7, 11) is -3.96. The first-order valence-corrected chi connectivity index (χ1v) is 36.6. The second kappa shape index (κ2) is 29.0. The van der Waals surface area contributed by atoms with Crippen LogP contribution >= 0.6 is 0 Å². The van der Waals surface area contributed by atoms with Gasteiger partial charge in [0.2, 0.25) is 0 Å². The normalized spacial score (nSPS) is 11.8. The van der Waals surface area contributed by atoms with Gasteiger partial charge in [0.25, 0.3) is 0 Å². The predicted molar refractivity (Wildman–Crippen MR) is 363 cm³/mol. The van der Waals surface area contributed by atoms with Crippen molar-refractivity contribution in [3.63, 3.8) is 0 Å². The fourth-order valence-corrected chi connectivity index (χ4v) is 20.1. The maximum absolute atomic E-state index is 6.21. The molecule has 0 saturated heterocycles. The quantitative estimate of drug-likeness (QED) is 0.0583. The first-order valence-electron chi connectivity index (χ1n) is 30.0. The Bertz CT molecular complexity index is 3210. The van der Waals surface area contributed by atoms with Crippen LogP contribution in [0.3, 0.4) is 0 Å². The molecule has 0 saturated carbocycles. The van der Waals surface area contributed by atoms with Gasteiger partial charge in [0.05, 0.1) is 0 Å². The van der Waals surface area contributed by atoms with Crippen molar-refractivity contribution >= 4 is 44.6 Å². The van der Waals surface area contributed by atoms with E-state index in [1.807, 2.05) is 0 Å². The monoisotopic (exact) mass is 1240 g/mol. The van der Waals surface area contributed by atoms with E-state index in [1.54, 1.807) is 0 Å². The summed E-state index contributed by atoms with van der Waals surface area (Å²) in [5.41, 5.74) is 22.5. The third-order valence-corrected chi connectivity index (χ3v) is 29.3. The summed E-state index contributed by atoms with van der Waals surface area (Å²) in [5.74, 6) is 0.402. The second-order valence-electron chi connectivity index (χ2n) is 24.6. The van der Waals surface area contributed by atoms with Crippen LogP contribution < -0.4 is 3.52 Å². The Kier molecular flexibility index (Phi) is 21.9. The van der Waals surface area contributed by atoms with Crippen LogP contribution in [0.25, 0.3) is 4.98 Å². The van der Waals surface area contributed by atoms with Crippen LogP contribution in [0.1, 0.15) is 143 Å². The average molecular weight is 1240 g/mol. The van der Waals surface area contributed by atoms with Crippen molar-refractivity contribution in [3.05, 3.63) is 350 Å². The largest absolute Gasteiger partial charge is 2.00 e. The van der Waals surface area contributed by atoms with Gasteiger partial charge in [-0.2, -0.15) is 0 Å². The predicted octanol–water partition coefficient (Wildman–Crippen LogP) is 21.6. The van der Waals surface area contributed by atoms with Gasteiger partial charge in [-0.1, -0.05) is 208 Å². The van der Waals surface area contributed by atoms with Gasteiger partial charge in [-0.25, -0.2) is 0 Å². The molecule has 2 nitrogen and oxygen atoms in total. The topological polar surface area (TPSA) is 17.3 Å². The third kappa shape index (κ3) is 14.4.